The van der Waals surface area contributed by atoms with Gasteiger partial charge in [-0.3, -0.25) is 4.79 Å². The van der Waals surface area contributed by atoms with Crippen LogP contribution in [-0.4, -0.2) is 31.3 Å². The lowest BCUT2D eigenvalue weighted by Gasteiger charge is -2.25. The Balaban J connectivity index is 1.78. The van der Waals surface area contributed by atoms with E-state index in [4.69, 9.17) is 5.11 Å². The summed E-state index contributed by atoms with van der Waals surface area (Å²) in [6.07, 6.45) is 7.72. The molecule has 2 atom stereocenters. The smallest absolute Gasteiger partial charge is 0.310 e. The molecule has 1 fully saturated rings. The molecule has 0 aliphatic heterocycles. The maximum Gasteiger partial charge on any atom is 0.310 e. The minimum atomic E-state index is -3.28. The first-order valence-electron chi connectivity index (χ1n) is 6.37. The van der Waals surface area contributed by atoms with Gasteiger partial charge in [-0.2, -0.15) is 0 Å². The molecule has 2 aliphatic carbocycles. The van der Waals surface area contributed by atoms with E-state index in [0.717, 1.165) is 12.8 Å². The third-order valence-corrected chi connectivity index (χ3v) is 5.19. The lowest BCUT2D eigenvalue weighted by atomic mass is 9.84. The van der Waals surface area contributed by atoms with Gasteiger partial charge in [0.25, 0.3) is 0 Å². The maximum atomic E-state index is 11.8. The van der Waals surface area contributed by atoms with Crippen LogP contribution in [0.4, 0.5) is 0 Å². The Morgan fingerprint density at radius 3 is 2.56 bits per heavy atom. The Bertz CT molecular complexity index is 439. The minimum Gasteiger partial charge on any atom is -0.481 e. The highest BCUT2D eigenvalue weighted by atomic mass is 32.2. The largest absolute Gasteiger partial charge is 0.481 e. The van der Waals surface area contributed by atoms with Crippen molar-refractivity contribution in [2.75, 3.05) is 5.75 Å². The normalized spacial score (nSPS) is 28.2. The van der Waals surface area contributed by atoms with Crippen LogP contribution in [0.2, 0.25) is 0 Å². The van der Waals surface area contributed by atoms with Crippen LogP contribution in [0.5, 0.6) is 0 Å². The summed E-state index contributed by atoms with van der Waals surface area (Å²) in [5.74, 6) is -0.751. The molecule has 0 aromatic carbocycles. The zero-order valence-corrected chi connectivity index (χ0v) is 11.0. The van der Waals surface area contributed by atoms with E-state index >= 15 is 0 Å². The summed E-state index contributed by atoms with van der Waals surface area (Å²) < 4.78 is 26.2. The molecule has 102 valence electrons. The number of rotatable bonds is 6. The number of nitrogens with one attached hydrogen (secondary N) is 1. The Morgan fingerprint density at radius 2 is 2.06 bits per heavy atom. The van der Waals surface area contributed by atoms with Gasteiger partial charge in [-0.15, -0.1) is 0 Å². The van der Waals surface area contributed by atoms with Crippen LogP contribution in [0.15, 0.2) is 12.2 Å². The molecule has 0 heterocycles. The standard InChI is InChI=1S/C12H19NO4S/c14-12(15)10-4-5-11(8-10)13-18(16,17)7-6-9-2-1-3-9/h4-5,9-11,13H,1-3,6-8H2,(H,14,15). The zero-order chi connectivity index (χ0) is 13.2. The fourth-order valence-electron chi connectivity index (χ4n) is 2.36. The van der Waals surface area contributed by atoms with Crippen molar-refractivity contribution in [1.82, 2.24) is 4.72 Å². The highest BCUT2D eigenvalue weighted by molar-refractivity contribution is 7.89. The number of carboxylic acid groups (broad SMARTS) is 1. The van der Waals surface area contributed by atoms with Crippen LogP contribution < -0.4 is 4.72 Å². The van der Waals surface area contributed by atoms with Crippen LogP contribution in [0.1, 0.15) is 32.1 Å². The second-order valence-electron chi connectivity index (χ2n) is 5.19. The maximum absolute atomic E-state index is 11.8. The molecule has 0 saturated heterocycles. The van der Waals surface area contributed by atoms with E-state index in [2.05, 4.69) is 4.72 Å². The fraction of sp³-hybridized carbons (Fsp3) is 0.750. The number of hydrogen-bond acceptors (Lipinski definition) is 3. The highest BCUT2D eigenvalue weighted by Gasteiger charge is 2.28. The molecule has 0 spiro atoms. The molecule has 2 aliphatic rings. The van der Waals surface area contributed by atoms with Gasteiger partial charge in [0.2, 0.25) is 10.0 Å². The van der Waals surface area contributed by atoms with Gasteiger partial charge in [0, 0.05) is 6.04 Å². The fourth-order valence-corrected chi connectivity index (χ4v) is 3.76. The van der Waals surface area contributed by atoms with Gasteiger partial charge < -0.3 is 5.11 Å². The van der Waals surface area contributed by atoms with Crippen molar-refractivity contribution in [2.24, 2.45) is 11.8 Å². The van der Waals surface area contributed by atoms with Crippen LogP contribution in [-0.2, 0) is 14.8 Å². The second kappa shape index (κ2) is 5.40. The van der Waals surface area contributed by atoms with Gasteiger partial charge in [-0.25, -0.2) is 13.1 Å². The first kappa shape index (κ1) is 13.5. The molecule has 0 bridgehead atoms. The second-order valence-corrected chi connectivity index (χ2v) is 7.07. The summed E-state index contributed by atoms with van der Waals surface area (Å²) in [6.45, 7) is 0. The van der Waals surface area contributed by atoms with E-state index in [1.54, 1.807) is 12.2 Å². The van der Waals surface area contributed by atoms with Crippen LogP contribution in [0.25, 0.3) is 0 Å². The summed E-state index contributed by atoms with van der Waals surface area (Å²) in [6, 6.07) is -0.363. The topological polar surface area (TPSA) is 83.5 Å². The van der Waals surface area contributed by atoms with Gasteiger partial charge in [-0.05, 0) is 18.8 Å². The first-order valence-corrected chi connectivity index (χ1v) is 8.02. The Morgan fingerprint density at radius 1 is 1.33 bits per heavy atom. The van der Waals surface area contributed by atoms with Crippen molar-refractivity contribution in [3.63, 3.8) is 0 Å². The molecule has 2 rings (SSSR count). The summed E-state index contributed by atoms with van der Waals surface area (Å²) in [4.78, 5) is 10.7. The molecular formula is C12H19NO4S. The van der Waals surface area contributed by atoms with Gasteiger partial charge in [0.15, 0.2) is 0 Å². The van der Waals surface area contributed by atoms with E-state index < -0.39 is 21.9 Å². The van der Waals surface area contributed by atoms with Gasteiger partial charge in [0.1, 0.15) is 0 Å². The average Bonchev–Trinajstić information content (AvgIpc) is 2.62. The van der Waals surface area contributed by atoms with E-state index in [1.807, 2.05) is 0 Å². The van der Waals surface area contributed by atoms with Crippen molar-refractivity contribution >= 4 is 16.0 Å². The molecule has 1 saturated carbocycles. The summed E-state index contributed by atoms with van der Waals surface area (Å²) >= 11 is 0. The van der Waals surface area contributed by atoms with E-state index in [-0.39, 0.29) is 11.8 Å². The molecule has 6 heteroatoms. The van der Waals surface area contributed by atoms with Gasteiger partial charge in [0.05, 0.1) is 11.7 Å². The Labute approximate surface area is 107 Å². The number of aliphatic carboxylic acids is 1. The molecular weight excluding hydrogens is 254 g/mol. The van der Waals surface area contributed by atoms with Crippen molar-refractivity contribution in [2.45, 2.75) is 38.1 Å². The van der Waals surface area contributed by atoms with Crippen molar-refractivity contribution in [3.8, 4) is 0 Å². The quantitative estimate of drug-likeness (QED) is 0.710. The predicted octanol–water partition coefficient (Wildman–Crippen LogP) is 1.13. The molecule has 2 N–H and O–H groups in total. The molecule has 0 amide bonds. The summed E-state index contributed by atoms with van der Waals surface area (Å²) in [7, 11) is -3.28. The molecule has 0 aromatic heterocycles. The average molecular weight is 273 g/mol. The lowest BCUT2D eigenvalue weighted by molar-refractivity contribution is -0.140. The molecule has 18 heavy (non-hydrogen) atoms. The Kier molecular flexibility index (Phi) is 4.07. The van der Waals surface area contributed by atoms with E-state index in [9.17, 15) is 13.2 Å². The highest BCUT2D eigenvalue weighted by Crippen LogP contribution is 2.29. The van der Waals surface area contributed by atoms with Gasteiger partial charge >= 0.3 is 5.97 Å². The third-order valence-electron chi connectivity index (χ3n) is 3.75. The first-order chi connectivity index (χ1) is 8.46. The lowest BCUT2D eigenvalue weighted by Crippen LogP contribution is -2.35. The molecule has 0 radical (unpaired) electrons. The zero-order valence-electron chi connectivity index (χ0n) is 10.2. The molecule has 2 unspecified atom stereocenters. The molecule has 0 aromatic rings. The SMILES string of the molecule is O=C(O)C1C=CC(NS(=O)(=O)CCC2CCC2)C1. The van der Waals surface area contributed by atoms with Crippen molar-refractivity contribution in [3.05, 3.63) is 12.2 Å². The van der Waals surface area contributed by atoms with E-state index in [1.165, 1.54) is 6.42 Å². The van der Waals surface area contributed by atoms with Gasteiger partial charge in [-0.1, -0.05) is 31.4 Å². The number of carbonyl (C=O) groups is 1. The third kappa shape index (κ3) is 3.55. The monoisotopic (exact) mass is 273 g/mol. The number of hydrogen-bond donors (Lipinski definition) is 2. The number of carboxylic acids is 1. The molecule has 5 nitrogen and oxygen atoms in total. The van der Waals surface area contributed by atoms with Crippen LogP contribution >= 0.6 is 0 Å². The van der Waals surface area contributed by atoms with Crippen molar-refractivity contribution < 1.29 is 18.3 Å². The number of sulfonamides is 1. The summed E-state index contributed by atoms with van der Waals surface area (Å²) in [5.41, 5.74) is 0. The van der Waals surface area contributed by atoms with E-state index in [0.29, 0.717) is 18.8 Å². The van der Waals surface area contributed by atoms with Crippen LogP contribution in [0.3, 0.4) is 0 Å². The minimum absolute atomic E-state index is 0.153. The Hall–Kier alpha value is -0.880. The van der Waals surface area contributed by atoms with Crippen molar-refractivity contribution in [1.29, 1.82) is 0 Å². The van der Waals surface area contributed by atoms with Crippen LogP contribution in [0, 0.1) is 11.8 Å². The predicted molar refractivity (Wildman–Crippen MR) is 67.6 cm³/mol. The summed E-state index contributed by atoms with van der Waals surface area (Å²) in [5, 5.41) is 8.82.